The Morgan fingerprint density at radius 3 is 3.06 bits per heavy atom. The molecule has 0 fully saturated rings. The standard InChI is InChI=1S/C13H13NO3/c1-17-12-4-2-3-10-9(12)7-11-8(13(15)16)5-6-14(10)11/h2-4,7-8H,5-6H2,1H3,(H,15,16). The number of aliphatic carboxylic acids is 1. The van der Waals surface area contributed by atoms with Gasteiger partial charge in [0.25, 0.3) is 0 Å². The Morgan fingerprint density at radius 2 is 2.35 bits per heavy atom. The molecule has 0 saturated carbocycles. The van der Waals surface area contributed by atoms with Gasteiger partial charge in [-0.15, -0.1) is 0 Å². The van der Waals surface area contributed by atoms with Gasteiger partial charge in [-0.25, -0.2) is 0 Å². The Morgan fingerprint density at radius 1 is 1.53 bits per heavy atom. The van der Waals surface area contributed by atoms with Crippen LogP contribution in [0.1, 0.15) is 18.0 Å². The van der Waals surface area contributed by atoms with Gasteiger partial charge in [-0.2, -0.15) is 0 Å². The first kappa shape index (κ1) is 10.2. The van der Waals surface area contributed by atoms with Crippen LogP contribution in [-0.4, -0.2) is 22.8 Å². The second kappa shape index (κ2) is 3.52. The van der Waals surface area contributed by atoms with E-state index in [0.717, 1.165) is 28.9 Å². The van der Waals surface area contributed by atoms with Crippen LogP contribution in [-0.2, 0) is 11.3 Å². The highest BCUT2D eigenvalue weighted by Gasteiger charge is 2.30. The summed E-state index contributed by atoms with van der Waals surface area (Å²) in [5.41, 5.74) is 1.94. The molecule has 1 aromatic heterocycles. The lowest BCUT2D eigenvalue weighted by Gasteiger charge is -2.03. The highest BCUT2D eigenvalue weighted by molar-refractivity contribution is 5.90. The normalized spacial score (nSPS) is 18.3. The molecule has 1 aliphatic heterocycles. The summed E-state index contributed by atoms with van der Waals surface area (Å²) in [6.07, 6.45) is 0.678. The molecule has 2 heterocycles. The number of methoxy groups -OCH3 is 1. The van der Waals surface area contributed by atoms with Gasteiger partial charge in [0.05, 0.1) is 18.5 Å². The number of fused-ring (bicyclic) bond motifs is 3. The first-order chi connectivity index (χ1) is 8.22. The molecule has 1 atom stereocenters. The zero-order valence-electron chi connectivity index (χ0n) is 9.51. The molecule has 2 aromatic rings. The molecule has 1 aromatic carbocycles. The fraction of sp³-hybridized carbons (Fsp3) is 0.308. The van der Waals surface area contributed by atoms with E-state index in [1.807, 2.05) is 24.3 Å². The van der Waals surface area contributed by atoms with Crippen molar-refractivity contribution in [1.82, 2.24) is 4.57 Å². The van der Waals surface area contributed by atoms with E-state index >= 15 is 0 Å². The Balaban J connectivity index is 2.25. The molecule has 0 amide bonds. The molecule has 1 unspecified atom stereocenters. The van der Waals surface area contributed by atoms with Crippen molar-refractivity contribution in [1.29, 1.82) is 0 Å². The van der Waals surface area contributed by atoms with Gasteiger partial charge in [0, 0.05) is 17.6 Å². The lowest BCUT2D eigenvalue weighted by Crippen LogP contribution is -2.07. The van der Waals surface area contributed by atoms with Crippen molar-refractivity contribution in [3.05, 3.63) is 30.0 Å². The van der Waals surface area contributed by atoms with Crippen LogP contribution in [0.3, 0.4) is 0 Å². The summed E-state index contributed by atoms with van der Waals surface area (Å²) in [6, 6.07) is 7.78. The fourth-order valence-corrected chi connectivity index (χ4v) is 2.65. The van der Waals surface area contributed by atoms with Crippen LogP contribution in [0.5, 0.6) is 5.75 Å². The van der Waals surface area contributed by atoms with E-state index in [0.29, 0.717) is 6.42 Å². The van der Waals surface area contributed by atoms with Gasteiger partial charge in [-0.1, -0.05) is 6.07 Å². The largest absolute Gasteiger partial charge is 0.496 e. The first-order valence-corrected chi connectivity index (χ1v) is 5.61. The van der Waals surface area contributed by atoms with Crippen molar-refractivity contribution in [2.45, 2.75) is 18.9 Å². The number of carboxylic acid groups (broad SMARTS) is 1. The van der Waals surface area contributed by atoms with E-state index in [1.54, 1.807) is 7.11 Å². The first-order valence-electron chi connectivity index (χ1n) is 5.61. The average Bonchev–Trinajstić information content (AvgIpc) is 2.86. The minimum absolute atomic E-state index is 0.382. The number of carbonyl (C=O) groups is 1. The molecule has 0 bridgehead atoms. The number of nitrogens with zero attached hydrogens (tertiary/aromatic N) is 1. The van der Waals surface area contributed by atoms with Crippen molar-refractivity contribution >= 4 is 16.9 Å². The lowest BCUT2D eigenvalue weighted by atomic mass is 10.0. The van der Waals surface area contributed by atoms with Gasteiger partial charge >= 0.3 is 5.97 Å². The maximum Gasteiger partial charge on any atom is 0.312 e. The molecule has 3 rings (SSSR count). The summed E-state index contributed by atoms with van der Waals surface area (Å²) in [5.74, 6) is -0.328. The van der Waals surface area contributed by atoms with Crippen LogP contribution < -0.4 is 4.74 Å². The van der Waals surface area contributed by atoms with Crippen molar-refractivity contribution in [3.8, 4) is 5.75 Å². The Kier molecular flexibility index (Phi) is 2.11. The number of aromatic nitrogens is 1. The zero-order valence-corrected chi connectivity index (χ0v) is 9.51. The molecule has 4 heteroatoms. The van der Waals surface area contributed by atoms with Crippen LogP contribution in [0.25, 0.3) is 10.9 Å². The van der Waals surface area contributed by atoms with Crippen LogP contribution >= 0.6 is 0 Å². The number of hydrogen-bond donors (Lipinski definition) is 1. The predicted octanol–water partition coefficient (Wildman–Crippen LogP) is 2.22. The quantitative estimate of drug-likeness (QED) is 0.862. The Labute approximate surface area is 98.4 Å². The predicted molar refractivity (Wildman–Crippen MR) is 63.5 cm³/mol. The van der Waals surface area contributed by atoms with Crippen molar-refractivity contribution in [3.63, 3.8) is 0 Å². The van der Waals surface area contributed by atoms with E-state index < -0.39 is 5.97 Å². The van der Waals surface area contributed by atoms with Crippen LogP contribution in [0.4, 0.5) is 0 Å². The number of aryl methyl sites for hydroxylation is 1. The number of ether oxygens (including phenoxy) is 1. The van der Waals surface area contributed by atoms with Crippen molar-refractivity contribution in [2.75, 3.05) is 7.11 Å². The molecule has 0 aliphatic carbocycles. The van der Waals surface area contributed by atoms with E-state index in [-0.39, 0.29) is 5.92 Å². The Bertz CT molecular complexity index is 600. The van der Waals surface area contributed by atoms with E-state index in [4.69, 9.17) is 9.84 Å². The van der Waals surface area contributed by atoms with Gasteiger partial charge < -0.3 is 14.4 Å². The number of benzene rings is 1. The molecule has 4 nitrogen and oxygen atoms in total. The zero-order chi connectivity index (χ0) is 12.0. The fourth-order valence-electron chi connectivity index (χ4n) is 2.65. The maximum absolute atomic E-state index is 11.2. The summed E-state index contributed by atoms with van der Waals surface area (Å²) in [5, 5.41) is 10.2. The van der Waals surface area contributed by atoms with Gasteiger partial charge in [0.15, 0.2) is 0 Å². The number of hydrogen-bond acceptors (Lipinski definition) is 2. The SMILES string of the molecule is COc1cccc2c1cc1n2CCC1C(=O)O. The molecule has 0 radical (unpaired) electrons. The molecule has 0 saturated heterocycles. The lowest BCUT2D eigenvalue weighted by molar-refractivity contribution is -0.138. The summed E-state index contributed by atoms with van der Waals surface area (Å²) in [6.45, 7) is 0.767. The third-order valence-corrected chi connectivity index (χ3v) is 3.45. The smallest absolute Gasteiger partial charge is 0.312 e. The minimum atomic E-state index is -0.745. The second-order valence-corrected chi connectivity index (χ2v) is 4.29. The molecule has 1 aliphatic rings. The van der Waals surface area contributed by atoms with Crippen molar-refractivity contribution in [2.24, 2.45) is 0 Å². The topological polar surface area (TPSA) is 51.5 Å². The van der Waals surface area contributed by atoms with Gasteiger partial charge in [0.1, 0.15) is 5.75 Å². The summed E-state index contributed by atoms with van der Waals surface area (Å²) in [4.78, 5) is 11.2. The minimum Gasteiger partial charge on any atom is -0.496 e. The summed E-state index contributed by atoms with van der Waals surface area (Å²) < 4.78 is 7.38. The molecule has 1 N–H and O–H groups in total. The number of carboxylic acids is 1. The molecule has 0 spiro atoms. The van der Waals surface area contributed by atoms with E-state index in [9.17, 15) is 4.79 Å². The molecular weight excluding hydrogens is 218 g/mol. The second-order valence-electron chi connectivity index (χ2n) is 4.29. The Hall–Kier alpha value is -1.97. The maximum atomic E-state index is 11.2. The van der Waals surface area contributed by atoms with Gasteiger partial charge in [0.2, 0.25) is 0 Å². The highest BCUT2D eigenvalue weighted by Crippen LogP contribution is 2.37. The van der Waals surface area contributed by atoms with Crippen LogP contribution in [0.15, 0.2) is 24.3 Å². The third-order valence-electron chi connectivity index (χ3n) is 3.45. The highest BCUT2D eigenvalue weighted by atomic mass is 16.5. The van der Waals surface area contributed by atoms with E-state index in [2.05, 4.69) is 4.57 Å². The van der Waals surface area contributed by atoms with Gasteiger partial charge in [-0.3, -0.25) is 4.79 Å². The third kappa shape index (κ3) is 1.33. The van der Waals surface area contributed by atoms with Crippen LogP contribution in [0.2, 0.25) is 0 Å². The van der Waals surface area contributed by atoms with Crippen molar-refractivity contribution < 1.29 is 14.6 Å². The summed E-state index contributed by atoms with van der Waals surface area (Å²) >= 11 is 0. The van der Waals surface area contributed by atoms with Gasteiger partial charge in [-0.05, 0) is 24.6 Å². The van der Waals surface area contributed by atoms with Crippen LogP contribution in [0, 0.1) is 0 Å². The molecule has 88 valence electrons. The average molecular weight is 231 g/mol. The molecule has 17 heavy (non-hydrogen) atoms. The molecular formula is C13H13NO3. The number of rotatable bonds is 2. The monoisotopic (exact) mass is 231 g/mol. The van der Waals surface area contributed by atoms with E-state index in [1.165, 1.54) is 0 Å². The summed E-state index contributed by atoms with van der Waals surface area (Å²) in [7, 11) is 1.63.